The topological polar surface area (TPSA) is 58.6 Å². The number of nitrogens with one attached hydrogen (secondary N) is 1. The molecule has 0 aliphatic heterocycles. The Morgan fingerprint density at radius 3 is 2.38 bits per heavy atom. The van der Waals surface area contributed by atoms with Gasteiger partial charge in [-0.15, -0.1) is 0 Å². The monoisotopic (exact) mass is 354 g/mol. The summed E-state index contributed by atoms with van der Waals surface area (Å²) in [6.45, 7) is 3.90. The molecular formula is C21H26N2O3. The molecule has 0 aromatic heterocycles. The Labute approximate surface area is 155 Å². The Balaban J connectivity index is 1.97. The molecule has 0 spiro atoms. The first-order valence-electron chi connectivity index (χ1n) is 8.72. The van der Waals surface area contributed by atoms with Crippen LogP contribution in [0.1, 0.15) is 24.5 Å². The number of hydrogen-bond donors (Lipinski definition) is 1. The van der Waals surface area contributed by atoms with Gasteiger partial charge in [0, 0.05) is 19.8 Å². The molecule has 0 saturated carbocycles. The number of hydrogen-bond acceptors (Lipinski definition) is 3. The highest BCUT2D eigenvalue weighted by Gasteiger charge is 2.18. The standard InChI is InChI=1S/C21H26N2O3/c1-5-19(26-18-8-6-7-15(2)13-18)21(25)22-17-11-9-16(10-12-17)14-20(24)23(3)4/h6-13,19H,5,14H2,1-4H3,(H,22,25). The van der Waals surface area contributed by atoms with E-state index in [0.29, 0.717) is 24.3 Å². The number of amides is 2. The lowest BCUT2D eigenvalue weighted by Gasteiger charge is -2.18. The molecule has 138 valence electrons. The molecule has 0 aliphatic carbocycles. The number of anilines is 1. The van der Waals surface area contributed by atoms with Crippen molar-refractivity contribution in [3.63, 3.8) is 0 Å². The maximum Gasteiger partial charge on any atom is 0.265 e. The fourth-order valence-corrected chi connectivity index (χ4v) is 2.44. The first-order chi connectivity index (χ1) is 12.4. The summed E-state index contributed by atoms with van der Waals surface area (Å²) in [7, 11) is 3.46. The number of ether oxygens (including phenoxy) is 1. The van der Waals surface area contributed by atoms with Crippen molar-refractivity contribution in [3.8, 4) is 5.75 Å². The third kappa shape index (κ3) is 5.62. The molecule has 1 unspecified atom stereocenters. The smallest absolute Gasteiger partial charge is 0.265 e. The normalized spacial score (nSPS) is 11.5. The molecule has 0 bridgehead atoms. The molecule has 2 aromatic carbocycles. The zero-order valence-corrected chi connectivity index (χ0v) is 15.8. The van der Waals surface area contributed by atoms with Crippen molar-refractivity contribution in [1.29, 1.82) is 0 Å². The number of carbonyl (C=O) groups is 2. The maximum absolute atomic E-state index is 12.5. The number of rotatable bonds is 7. The van der Waals surface area contributed by atoms with Gasteiger partial charge in [0.1, 0.15) is 5.75 Å². The van der Waals surface area contributed by atoms with Crippen molar-refractivity contribution in [3.05, 3.63) is 59.7 Å². The van der Waals surface area contributed by atoms with Crippen molar-refractivity contribution in [2.45, 2.75) is 32.8 Å². The summed E-state index contributed by atoms with van der Waals surface area (Å²) in [4.78, 5) is 25.8. The van der Waals surface area contributed by atoms with Crippen LogP contribution in [0.3, 0.4) is 0 Å². The Morgan fingerprint density at radius 2 is 1.81 bits per heavy atom. The van der Waals surface area contributed by atoms with E-state index in [0.717, 1.165) is 11.1 Å². The molecule has 0 fully saturated rings. The van der Waals surface area contributed by atoms with Crippen LogP contribution in [-0.2, 0) is 16.0 Å². The number of aryl methyl sites for hydroxylation is 1. The van der Waals surface area contributed by atoms with E-state index in [1.54, 1.807) is 31.1 Å². The van der Waals surface area contributed by atoms with E-state index < -0.39 is 6.10 Å². The zero-order chi connectivity index (χ0) is 19.1. The lowest BCUT2D eigenvalue weighted by molar-refractivity contribution is -0.128. The number of carbonyl (C=O) groups excluding carboxylic acids is 2. The molecule has 0 radical (unpaired) electrons. The highest BCUT2D eigenvalue weighted by molar-refractivity contribution is 5.94. The molecule has 0 saturated heterocycles. The van der Waals surface area contributed by atoms with Crippen LogP contribution in [0.5, 0.6) is 5.75 Å². The van der Waals surface area contributed by atoms with Crippen molar-refractivity contribution < 1.29 is 14.3 Å². The average molecular weight is 354 g/mol. The van der Waals surface area contributed by atoms with Crippen LogP contribution < -0.4 is 10.1 Å². The van der Waals surface area contributed by atoms with E-state index >= 15 is 0 Å². The number of benzene rings is 2. The van der Waals surface area contributed by atoms with Gasteiger partial charge in [-0.3, -0.25) is 9.59 Å². The van der Waals surface area contributed by atoms with Gasteiger partial charge in [0.05, 0.1) is 6.42 Å². The third-order valence-electron chi connectivity index (χ3n) is 4.01. The fourth-order valence-electron chi connectivity index (χ4n) is 2.44. The van der Waals surface area contributed by atoms with Crippen LogP contribution in [0, 0.1) is 6.92 Å². The van der Waals surface area contributed by atoms with Crippen molar-refractivity contribution >= 4 is 17.5 Å². The van der Waals surface area contributed by atoms with Gasteiger partial charge < -0.3 is 15.0 Å². The van der Waals surface area contributed by atoms with Gasteiger partial charge in [0.25, 0.3) is 5.91 Å². The molecule has 2 rings (SSSR count). The molecule has 0 heterocycles. The third-order valence-corrected chi connectivity index (χ3v) is 4.01. The van der Waals surface area contributed by atoms with Crippen LogP contribution in [0.4, 0.5) is 5.69 Å². The van der Waals surface area contributed by atoms with E-state index in [1.807, 2.05) is 50.2 Å². The first kappa shape index (κ1) is 19.5. The quantitative estimate of drug-likeness (QED) is 0.829. The molecule has 2 aromatic rings. The summed E-state index contributed by atoms with van der Waals surface area (Å²) in [6.07, 6.45) is 0.344. The Bertz CT molecular complexity index is 754. The summed E-state index contributed by atoms with van der Waals surface area (Å²) in [5, 5.41) is 2.87. The van der Waals surface area contributed by atoms with Gasteiger partial charge in [0.15, 0.2) is 6.10 Å². The van der Waals surface area contributed by atoms with Crippen LogP contribution in [0.15, 0.2) is 48.5 Å². The van der Waals surface area contributed by atoms with E-state index in [1.165, 1.54) is 0 Å². The maximum atomic E-state index is 12.5. The largest absolute Gasteiger partial charge is 0.481 e. The van der Waals surface area contributed by atoms with Gasteiger partial charge in [0.2, 0.25) is 5.91 Å². The van der Waals surface area contributed by atoms with Gasteiger partial charge in [-0.25, -0.2) is 0 Å². The minimum atomic E-state index is -0.563. The van der Waals surface area contributed by atoms with Crippen LogP contribution in [0.25, 0.3) is 0 Å². The van der Waals surface area contributed by atoms with Crippen molar-refractivity contribution in [2.75, 3.05) is 19.4 Å². The second-order valence-electron chi connectivity index (χ2n) is 6.48. The summed E-state index contributed by atoms with van der Waals surface area (Å²) >= 11 is 0. The fraction of sp³-hybridized carbons (Fsp3) is 0.333. The van der Waals surface area contributed by atoms with E-state index in [4.69, 9.17) is 4.74 Å². The zero-order valence-electron chi connectivity index (χ0n) is 15.8. The second kappa shape index (κ2) is 9.04. The van der Waals surface area contributed by atoms with E-state index in [9.17, 15) is 9.59 Å². The molecule has 1 N–H and O–H groups in total. The van der Waals surface area contributed by atoms with Crippen LogP contribution in [0.2, 0.25) is 0 Å². The first-order valence-corrected chi connectivity index (χ1v) is 8.72. The van der Waals surface area contributed by atoms with Crippen molar-refractivity contribution in [2.24, 2.45) is 0 Å². The SMILES string of the molecule is CCC(Oc1cccc(C)c1)C(=O)Nc1ccc(CC(=O)N(C)C)cc1. The van der Waals surface area contributed by atoms with Crippen LogP contribution in [-0.4, -0.2) is 36.9 Å². The minimum absolute atomic E-state index is 0.0411. The molecule has 2 amide bonds. The van der Waals surface area contributed by atoms with Crippen LogP contribution >= 0.6 is 0 Å². The Hall–Kier alpha value is -2.82. The number of likely N-dealkylation sites (N-methyl/N-ethyl adjacent to an activating group) is 1. The summed E-state index contributed by atoms with van der Waals surface area (Å²) < 4.78 is 5.82. The van der Waals surface area contributed by atoms with Gasteiger partial charge in [-0.1, -0.05) is 31.2 Å². The predicted molar refractivity (Wildman–Crippen MR) is 103 cm³/mol. The molecular weight excluding hydrogens is 328 g/mol. The minimum Gasteiger partial charge on any atom is -0.481 e. The van der Waals surface area contributed by atoms with Gasteiger partial charge in [-0.05, 0) is 48.7 Å². The summed E-state index contributed by atoms with van der Waals surface area (Å²) in [6, 6.07) is 14.9. The lowest BCUT2D eigenvalue weighted by atomic mass is 10.1. The van der Waals surface area contributed by atoms with Crippen molar-refractivity contribution in [1.82, 2.24) is 4.90 Å². The summed E-state index contributed by atoms with van der Waals surface area (Å²) in [5.41, 5.74) is 2.67. The van der Waals surface area contributed by atoms with E-state index in [2.05, 4.69) is 5.32 Å². The summed E-state index contributed by atoms with van der Waals surface area (Å²) in [5.74, 6) is 0.537. The Kier molecular flexibility index (Phi) is 6.78. The Morgan fingerprint density at radius 1 is 1.12 bits per heavy atom. The molecule has 5 heteroatoms. The molecule has 0 aliphatic rings. The average Bonchev–Trinajstić information content (AvgIpc) is 2.61. The molecule has 26 heavy (non-hydrogen) atoms. The molecule has 5 nitrogen and oxygen atoms in total. The number of nitrogens with zero attached hydrogens (tertiary/aromatic N) is 1. The second-order valence-corrected chi connectivity index (χ2v) is 6.48. The highest BCUT2D eigenvalue weighted by Crippen LogP contribution is 2.17. The highest BCUT2D eigenvalue weighted by atomic mass is 16.5. The van der Waals surface area contributed by atoms with Gasteiger partial charge in [-0.2, -0.15) is 0 Å². The lowest BCUT2D eigenvalue weighted by Crippen LogP contribution is -2.32. The molecule has 1 atom stereocenters. The predicted octanol–water partition coefficient (Wildman–Crippen LogP) is 3.42. The van der Waals surface area contributed by atoms with E-state index in [-0.39, 0.29) is 11.8 Å². The van der Waals surface area contributed by atoms with Gasteiger partial charge >= 0.3 is 0 Å².